The summed E-state index contributed by atoms with van der Waals surface area (Å²) < 4.78 is 13.9. The first-order valence-electron chi connectivity index (χ1n) is 9.97. The molecular formula is C26H20N2OS2. The Morgan fingerprint density at radius 1 is 0.806 bits per heavy atom. The van der Waals surface area contributed by atoms with Gasteiger partial charge in [-0.3, -0.25) is 4.21 Å². The summed E-state index contributed by atoms with van der Waals surface area (Å²) in [6, 6.07) is 32.2. The Bertz CT molecular complexity index is 1360. The fraction of sp³-hybridized carbons (Fsp3) is 0.0385. The number of nitrogens with zero attached hydrogens (tertiary/aromatic N) is 1. The second-order valence-corrected chi connectivity index (χ2v) is 9.89. The molecule has 0 fully saturated rings. The summed E-state index contributed by atoms with van der Waals surface area (Å²) in [5, 5.41) is 0.882. The maximum absolute atomic E-state index is 13.2. The topological polar surface area (TPSA) is 56.0 Å². The maximum atomic E-state index is 13.2. The van der Waals surface area contributed by atoms with Crippen LogP contribution in [0.4, 0.5) is 5.69 Å². The maximum Gasteiger partial charge on any atom is 0.127 e. The van der Waals surface area contributed by atoms with E-state index in [0.717, 1.165) is 38.2 Å². The highest BCUT2D eigenvalue weighted by Crippen LogP contribution is 2.43. The zero-order chi connectivity index (χ0) is 21.2. The zero-order valence-corrected chi connectivity index (χ0v) is 18.3. The van der Waals surface area contributed by atoms with Gasteiger partial charge in [0.25, 0.3) is 0 Å². The van der Waals surface area contributed by atoms with Gasteiger partial charge in [-0.15, -0.1) is 11.3 Å². The van der Waals surface area contributed by atoms with Crippen molar-refractivity contribution in [3.05, 3.63) is 103 Å². The zero-order valence-electron chi connectivity index (χ0n) is 16.7. The van der Waals surface area contributed by atoms with Crippen LogP contribution in [0.5, 0.6) is 0 Å². The number of benzene rings is 3. The molecule has 0 spiro atoms. The first kappa shape index (κ1) is 19.7. The number of pyridine rings is 1. The minimum atomic E-state index is -1.24. The van der Waals surface area contributed by atoms with Gasteiger partial charge in [0.1, 0.15) is 9.04 Å². The highest BCUT2D eigenvalue weighted by Gasteiger charge is 2.21. The Morgan fingerprint density at radius 3 is 2.03 bits per heavy atom. The van der Waals surface area contributed by atoms with E-state index in [0.29, 0.717) is 15.6 Å². The number of nitrogens with two attached hydrogens (primary N) is 1. The van der Waals surface area contributed by atoms with E-state index in [2.05, 4.69) is 18.2 Å². The van der Waals surface area contributed by atoms with Gasteiger partial charge in [-0.1, -0.05) is 91.0 Å². The van der Waals surface area contributed by atoms with Crippen molar-refractivity contribution in [2.45, 2.75) is 9.96 Å². The minimum Gasteiger partial charge on any atom is -0.396 e. The van der Waals surface area contributed by atoms with Crippen molar-refractivity contribution in [2.24, 2.45) is 0 Å². The third-order valence-corrected chi connectivity index (χ3v) is 8.10. The van der Waals surface area contributed by atoms with E-state index in [-0.39, 0.29) is 0 Å². The summed E-state index contributed by atoms with van der Waals surface area (Å²) >= 11 is 1.43. The normalized spacial score (nSPS) is 12.1. The van der Waals surface area contributed by atoms with Crippen LogP contribution < -0.4 is 5.73 Å². The van der Waals surface area contributed by atoms with Gasteiger partial charge < -0.3 is 5.73 Å². The lowest BCUT2D eigenvalue weighted by Crippen LogP contribution is -1.98. The number of fused-ring (bicyclic) bond motifs is 1. The SMILES string of the molecule is Nc1c(S(=O)Cc2ccccc2)sc2nc(-c3ccccc3)cc(-c3ccccc3)c12. The first-order chi connectivity index (χ1) is 15.2. The summed E-state index contributed by atoms with van der Waals surface area (Å²) in [6.07, 6.45) is 0. The van der Waals surface area contributed by atoms with Gasteiger partial charge in [0, 0.05) is 10.9 Å². The van der Waals surface area contributed by atoms with E-state index >= 15 is 0 Å². The predicted molar refractivity (Wildman–Crippen MR) is 131 cm³/mol. The fourth-order valence-electron chi connectivity index (χ4n) is 3.66. The second-order valence-electron chi connectivity index (χ2n) is 7.25. The standard InChI is InChI=1S/C26H20N2OS2/c27-24-23-21(19-12-6-2-7-13-19)16-22(20-14-8-3-9-15-20)28-25(23)30-26(24)31(29)17-18-10-4-1-5-11-18/h1-16H,17,27H2. The van der Waals surface area contributed by atoms with E-state index in [1.165, 1.54) is 11.3 Å². The summed E-state index contributed by atoms with van der Waals surface area (Å²) in [6.45, 7) is 0. The summed E-state index contributed by atoms with van der Waals surface area (Å²) in [7, 11) is -1.24. The second kappa shape index (κ2) is 8.46. The molecule has 3 nitrogen and oxygen atoms in total. The molecule has 0 bridgehead atoms. The largest absolute Gasteiger partial charge is 0.396 e. The van der Waals surface area contributed by atoms with Gasteiger partial charge in [0.15, 0.2) is 0 Å². The Balaban J connectivity index is 1.69. The van der Waals surface area contributed by atoms with E-state index in [1.807, 2.05) is 78.9 Å². The van der Waals surface area contributed by atoms with Crippen molar-refractivity contribution in [3.63, 3.8) is 0 Å². The summed E-state index contributed by atoms with van der Waals surface area (Å²) in [5.74, 6) is 0.435. The summed E-state index contributed by atoms with van der Waals surface area (Å²) in [4.78, 5) is 5.72. The monoisotopic (exact) mass is 440 g/mol. The number of nitrogen functional groups attached to an aromatic ring is 1. The molecule has 2 heterocycles. The predicted octanol–water partition coefficient (Wildman–Crippen LogP) is 6.52. The lowest BCUT2D eigenvalue weighted by molar-refractivity contribution is 0.684. The van der Waals surface area contributed by atoms with Gasteiger partial charge in [-0.25, -0.2) is 4.98 Å². The quantitative estimate of drug-likeness (QED) is 0.338. The van der Waals surface area contributed by atoms with Crippen LogP contribution in [0.15, 0.2) is 101 Å². The molecule has 5 rings (SSSR count). The van der Waals surface area contributed by atoms with E-state index < -0.39 is 10.8 Å². The average molecular weight is 441 g/mol. The number of hydrogen-bond donors (Lipinski definition) is 1. The molecule has 1 atom stereocenters. The third-order valence-electron chi connectivity index (χ3n) is 5.17. The Hall–Kier alpha value is -3.28. The van der Waals surface area contributed by atoms with Gasteiger partial charge in [-0.2, -0.15) is 0 Å². The number of aromatic nitrogens is 1. The van der Waals surface area contributed by atoms with E-state index in [9.17, 15) is 4.21 Å². The number of thiophene rings is 1. The number of rotatable bonds is 5. The molecule has 1 unspecified atom stereocenters. The van der Waals surface area contributed by atoms with Gasteiger partial charge >= 0.3 is 0 Å². The molecule has 0 radical (unpaired) electrons. The van der Waals surface area contributed by atoms with Gasteiger partial charge in [0.2, 0.25) is 0 Å². The van der Waals surface area contributed by atoms with Crippen LogP contribution in [0.2, 0.25) is 0 Å². The third kappa shape index (κ3) is 3.90. The van der Waals surface area contributed by atoms with Crippen LogP contribution >= 0.6 is 11.3 Å². The lowest BCUT2D eigenvalue weighted by atomic mass is 10.00. The van der Waals surface area contributed by atoms with Crippen molar-refractivity contribution in [1.82, 2.24) is 4.98 Å². The van der Waals surface area contributed by atoms with Gasteiger partial charge in [0.05, 0.1) is 27.9 Å². The van der Waals surface area contributed by atoms with Crippen LogP contribution in [0.25, 0.3) is 32.6 Å². The van der Waals surface area contributed by atoms with Crippen molar-refractivity contribution >= 4 is 38.0 Å². The lowest BCUT2D eigenvalue weighted by Gasteiger charge is -2.09. The van der Waals surface area contributed by atoms with E-state index in [1.54, 1.807) is 0 Å². The van der Waals surface area contributed by atoms with Crippen molar-refractivity contribution < 1.29 is 4.21 Å². The van der Waals surface area contributed by atoms with Crippen molar-refractivity contribution in [2.75, 3.05) is 5.73 Å². The Kier molecular flexibility index (Phi) is 5.37. The molecule has 0 aliphatic carbocycles. The molecule has 0 aliphatic rings. The molecule has 5 aromatic rings. The molecule has 0 saturated carbocycles. The van der Waals surface area contributed by atoms with Crippen LogP contribution in [-0.4, -0.2) is 9.19 Å². The smallest absolute Gasteiger partial charge is 0.127 e. The van der Waals surface area contributed by atoms with Crippen molar-refractivity contribution in [3.8, 4) is 22.4 Å². The van der Waals surface area contributed by atoms with E-state index in [4.69, 9.17) is 10.7 Å². The highest BCUT2D eigenvalue weighted by atomic mass is 32.2. The molecule has 2 N–H and O–H groups in total. The van der Waals surface area contributed by atoms with Gasteiger partial charge in [-0.05, 0) is 22.8 Å². The molecule has 0 aliphatic heterocycles. The molecule has 2 aromatic heterocycles. The van der Waals surface area contributed by atoms with Crippen LogP contribution in [-0.2, 0) is 16.6 Å². The Labute approximate surface area is 187 Å². The highest BCUT2D eigenvalue weighted by molar-refractivity contribution is 7.87. The molecule has 152 valence electrons. The van der Waals surface area contributed by atoms with Crippen LogP contribution in [0.3, 0.4) is 0 Å². The van der Waals surface area contributed by atoms with Crippen LogP contribution in [0.1, 0.15) is 5.56 Å². The fourth-order valence-corrected chi connectivity index (χ4v) is 6.28. The van der Waals surface area contributed by atoms with Crippen LogP contribution in [0, 0.1) is 0 Å². The number of anilines is 1. The molecule has 0 saturated heterocycles. The minimum absolute atomic E-state index is 0.435. The molecule has 5 heteroatoms. The average Bonchev–Trinajstić information content (AvgIpc) is 3.17. The molecule has 3 aromatic carbocycles. The first-order valence-corrected chi connectivity index (χ1v) is 12.1. The molecule has 31 heavy (non-hydrogen) atoms. The molecule has 0 amide bonds. The summed E-state index contributed by atoms with van der Waals surface area (Å²) in [5.41, 5.74) is 12.2. The Morgan fingerprint density at radius 2 is 1.39 bits per heavy atom. The number of hydrogen-bond acceptors (Lipinski definition) is 4. The molecular weight excluding hydrogens is 420 g/mol. The van der Waals surface area contributed by atoms with Crippen molar-refractivity contribution in [1.29, 1.82) is 0 Å².